The first-order valence-corrected chi connectivity index (χ1v) is 10.00. The van der Waals surface area contributed by atoms with Crippen LogP contribution in [-0.4, -0.2) is 46.3 Å². The van der Waals surface area contributed by atoms with Crippen LogP contribution in [-0.2, 0) is 4.74 Å². The van der Waals surface area contributed by atoms with E-state index in [1.807, 2.05) is 18.2 Å². The van der Waals surface area contributed by atoms with Crippen LogP contribution in [0.1, 0.15) is 56.0 Å². The molecule has 1 heterocycles. The maximum absolute atomic E-state index is 11.4. The van der Waals surface area contributed by atoms with E-state index in [0.29, 0.717) is 5.56 Å². The third kappa shape index (κ3) is 5.39. The van der Waals surface area contributed by atoms with E-state index in [1.54, 1.807) is 30.3 Å². The number of likely N-dealkylation sites (N-methyl/N-ethyl adjacent to an activating group) is 1. The molecular weight excluding hydrogens is 380 g/mol. The Bertz CT molecular complexity index is 850. The van der Waals surface area contributed by atoms with E-state index in [0.717, 1.165) is 6.42 Å². The highest BCUT2D eigenvalue weighted by Crippen LogP contribution is 2.46. The van der Waals surface area contributed by atoms with Crippen molar-refractivity contribution < 1.29 is 19.4 Å². The average molecular weight is 413 g/mol. The van der Waals surface area contributed by atoms with Crippen molar-refractivity contribution in [1.29, 1.82) is 0 Å². The molecule has 1 fully saturated rings. The number of aromatic carboxylic acids is 1. The summed E-state index contributed by atoms with van der Waals surface area (Å²) in [5.74, 6) is -0.740. The molecule has 0 aliphatic carbocycles. The zero-order chi connectivity index (χ0) is 22.5. The second kappa shape index (κ2) is 9.30. The lowest BCUT2D eigenvalue weighted by atomic mass is 9.69. The molecule has 0 spiro atoms. The largest absolute Gasteiger partial charge is 0.478 e. The maximum Gasteiger partial charge on any atom is 0.404 e. The number of hydrogen-bond donors (Lipinski definition) is 2. The van der Waals surface area contributed by atoms with Gasteiger partial charge in [0.2, 0.25) is 0 Å². The van der Waals surface area contributed by atoms with Crippen molar-refractivity contribution >= 4 is 12.1 Å². The van der Waals surface area contributed by atoms with Crippen LogP contribution in [0.4, 0.5) is 4.79 Å². The van der Waals surface area contributed by atoms with Crippen molar-refractivity contribution in [1.82, 2.24) is 4.90 Å². The summed E-state index contributed by atoms with van der Waals surface area (Å²) in [6.07, 6.45) is -0.0629. The average Bonchev–Trinajstić information content (AvgIpc) is 2.70. The predicted molar refractivity (Wildman–Crippen MR) is 118 cm³/mol. The highest BCUT2D eigenvalue weighted by Gasteiger charge is 2.52. The smallest absolute Gasteiger partial charge is 0.404 e. The summed E-state index contributed by atoms with van der Waals surface area (Å²) in [5, 5.41) is 8.38. The molecule has 0 aromatic heterocycles. The van der Waals surface area contributed by atoms with E-state index in [9.17, 15) is 9.59 Å². The molecule has 3 rings (SSSR count). The Hall–Kier alpha value is -2.86. The fraction of sp³-hybridized carbons (Fsp3) is 0.417. The molecule has 162 valence electrons. The molecule has 2 aromatic carbocycles. The van der Waals surface area contributed by atoms with Gasteiger partial charge in [-0.1, -0.05) is 48.5 Å². The molecule has 0 bridgehead atoms. The third-order valence-corrected chi connectivity index (χ3v) is 6.05. The number of carbonyl (C=O) groups excluding carboxylic acids is 1. The number of carbonyl (C=O) groups is 2. The number of likely N-dealkylation sites (tertiary alicyclic amines) is 1. The standard InChI is InChI=1S/C17H26N2O2.C7H6O2/c1-16(2)11-13(12-9-7-6-8-10-12)14(21-15(18)20)17(3,4)19(16)5;8-7(9)6-4-2-1-3-5-6/h6-10,13-14H,11H2,1-5H3,(H2,18,20);1-5H,(H,8,9). The lowest BCUT2D eigenvalue weighted by Gasteiger charge is -2.57. The van der Waals surface area contributed by atoms with Crippen LogP contribution in [0.3, 0.4) is 0 Å². The summed E-state index contributed by atoms with van der Waals surface area (Å²) >= 11 is 0. The SMILES string of the molecule is CN1C(C)(C)CC(c2ccccc2)C(OC(N)=O)C1(C)C.O=C(O)c1ccccc1. The van der Waals surface area contributed by atoms with E-state index < -0.39 is 12.1 Å². The van der Waals surface area contributed by atoms with Gasteiger partial charge in [-0.3, -0.25) is 4.90 Å². The van der Waals surface area contributed by atoms with Gasteiger partial charge in [0.15, 0.2) is 0 Å². The molecular formula is C24H32N2O4. The Labute approximate surface area is 178 Å². The number of carboxylic acids is 1. The van der Waals surface area contributed by atoms with Crippen LogP contribution in [0.15, 0.2) is 60.7 Å². The van der Waals surface area contributed by atoms with Crippen molar-refractivity contribution in [2.24, 2.45) is 5.73 Å². The molecule has 0 saturated carbocycles. The lowest BCUT2D eigenvalue weighted by Crippen LogP contribution is -2.66. The summed E-state index contributed by atoms with van der Waals surface area (Å²) in [6.45, 7) is 8.67. The quantitative estimate of drug-likeness (QED) is 0.774. The van der Waals surface area contributed by atoms with Gasteiger partial charge in [-0.15, -0.1) is 0 Å². The minimum atomic E-state index is -0.879. The van der Waals surface area contributed by atoms with Crippen LogP contribution < -0.4 is 5.73 Å². The van der Waals surface area contributed by atoms with E-state index in [-0.39, 0.29) is 23.1 Å². The molecule has 6 nitrogen and oxygen atoms in total. The molecule has 2 atom stereocenters. The molecule has 1 saturated heterocycles. The zero-order valence-electron chi connectivity index (χ0n) is 18.3. The minimum absolute atomic E-state index is 0.0154. The van der Waals surface area contributed by atoms with E-state index in [2.05, 4.69) is 51.8 Å². The second-order valence-electron chi connectivity index (χ2n) is 8.78. The first kappa shape index (κ1) is 23.4. The molecule has 6 heteroatoms. The van der Waals surface area contributed by atoms with Gasteiger partial charge in [0.05, 0.1) is 11.1 Å². The Kier molecular flexibility index (Phi) is 7.26. The van der Waals surface area contributed by atoms with Gasteiger partial charge in [-0.25, -0.2) is 9.59 Å². The molecule has 1 amide bonds. The van der Waals surface area contributed by atoms with Crippen molar-refractivity contribution in [2.45, 2.75) is 57.2 Å². The number of nitrogens with zero attached hydrogens (tertiary/aromatic N) is 1. The van der Waals surface area contributed by atoms with Crippen molar-refractivity contribution in [3.05, 3.63) is 71.8 Å². The number of ether oxygens (including phenoxy) is 1. The Morgan fingerprint density at radius 3 is 1.93 bits per heavy atom. The number of hydrogen-bond acceptors (Lipinski definition) is 4. The van der Waals surface area contributed by atoms with Crippen molar-refractivity contribution in [3.63, 3.8) is 0 Å². The summed E-state index contributed by atoms with van der Waals surface area (Å²) in [5.41, 5.74) is 6.56. The van der Waals surface area contributed by atoms with E-state index >= 15 is 0 Å². The molecule has 0 radical (unpaired) electrons. The van der Waals surface area contributed by atoms with Gasteiger partial charge in [0.25, 0.3) is 0 Å². The number of amides is 1. The molecule has 30 heavy (non-hydrogen) atoms. The number of benzene rings is 2. The predicted octanol–water partition coefficient (Wildman–Crippen LogP) is 4.51. The Morgan fingerprint density at radius 2 is 1.50 bits per heavy atom. The molecule has 3 N–H and O–H groups in total. The van der Waals surface area contributed by atoms with Gasteiger partial charge in [-0.2, -0.15) is 0 Å². The van der Waals surface area contributed by atoms with Gasteiger partial charge in [0, 0.05) is 11.5 Å². The van der Waals surface area contributed by atoms with E-state index in [4.69, 9.17) is 15.6 Å². The number of carboxylic acid groups (broad SMARTS) is 1. The summed E-state index contributed by atoms with van der Waals surface area (Å²) < 4.78 is 5.53. The Morgan fingerprint density at radius 1 is 1.00 bits per heavy atom. The highest BCUT2D eigenvalue weighted by atomic mass is 16.6. The van der Waals surface area contributed by atoms with Gasteiger partial charge in [-0.05, 0) is 58.9 Å². The topological polar surface area (TPSA) is 92.9 Å². The molecule has 1 aliphatic rings. The first-order valence-electron chi connectivity index (χ1n) is 10.00. The number of rotatable bonds is 3. The Balaban J connectivity index is 0.000000297. The van der Waals surface area contributed by atoms with Gasteiger partial charge >= 0.3 is 12.1 Å². The summed E-state index contributed by atoms with van der Waals surface area (Å²) in [7, 11) is 2.08. The molecule has 1 aliphatic heterocycles. The first-order chi connectivity index (χ1) is 14.0. The van der Waals surface area contributed by atoms with Crippen LogP contribution in [0, 0.1) is 0 Å². The second-order valence-corrected chi connectivity index (χ2v) is 8.78. The fourth-order valence-corrected chi connectivity index (χ4v) is 4.17. The maximum atomic E-state index is 11.4. The van der Waals surface area contributed by atoms with E-state index in [1.165, 1.54) is 5.56 Å². The lowest BCUT2D eigenvalue weighted by molar-refractivity contribution is -0.104. The molecule has 2 aromatic rings. The number of nitrogens with two attached hydrogens (primary N) is 1. The fourth-order valence-electron chi connectivity index (χ4n) is 4.17. The van der Waals surface area contributed by atoms with Gasteiger partial charge in [0.1, 0.15) is 6.10 Å². The summed E-state index contributed by atoms with van der Waals surface area (Å²) in [4.78, 5) is 23.9. The molecule has 2 unspecified atom stereocenters. The zero-order valence-corrected chi connectivity index (χ0v) is 18.3. The summed E-state index contributed by atoms with van der Waals surface area (Å²) in [6, 6.07) is 18.5. The third-order valence-electron chi connectivity index (χ3n) is 6.05. The van der Waals surface area contributed by atoms with Gasteiger partial charge < -0.3 is 15.6 Å². The normalized spacial score (nSPS) is 22.3. The number of primary amides is 1. The van der Waals surface area contributed by atoms with Crippen LogP contribution >= 0.6 is 0 Å². The van der Waals surface area contributed by atoms with Crippen LogP contribution in [0.2, 0.25) is 0 Å². The number of piperidine rings is 1. The van der Waals surface area contributed by atoms with Crippen molar-refractivity contribution in [2.75, 3.05) is 7.05 Å². The highest BCUT2D eigenvalue weighted by molar-refractivity contribution is 5.87. The monoisotopic (exact) mass is 412 g/mol. The van der Waals surface area contributed by atoms with Crippen LogP contribution in [0.5, 0.6) is 0 Å². The van der Waals surface area contributed by atoms with Crippen molar-refractivity contribution in [3.8, 4) is 0 Å². The van der Waals surface area contributed by atoms with Crippen LogP contribution in [0.25, 0.3) is 0 Å². The minimum Gasteiger partial charge on any atom is -0.478 e.